The Bertz CT molecular complexity index is 372. The Balaban J connectivity index is 2.03. The minimum Gasteiger partial charge on any atom is -0.388 e. The Morgan fingerprint density at radius 2 is 2.12 bits per heavy atom. The van der Waals surface area contributed by atoms with Gasteiger partial charge >= 0.3 is 0 Å². The zero-order chi connectivity index (χ0) is 12.3. The van der Waals surface area contributed by atoms with Gasteiger partial charge in [-0.3, -0.25) is 0 Å². The summed E-state index contributed by atoms with van der Waals surface area (Å²) in [5.74, 6) is 0.607. The van der Waals surface area contributed by atoms with E-state index in [0.29, 0.717) is 5.92 Å². The number of hydrogen-bond acceptors (Lipinski definition) is 2. The van der Waals surface area contributed by atoms with Gasteiger partial charge in [0, 0.05) is 16.8 Å². The molecular formula is C14H19IO2. The van der Waals surface area contributed by atoms with Gasteiger partial charge in [0.2, 0.25) is 0 Å². The van der Waals surface area contributed by atoms with E-state index in [-0.39, 0.29) is 6.10 Å². The van der Waals surface area contributed by atoms with Crippen LogP contribution in [0.3, 0.4) is 0 Å². The van der Waals surface area contributed by atoms with E-state index < -0.39 is 0 Å². The summed E-state index contributed by atoms with van der Waals surface area (Å²) in [5.41, 5.74) is 2.33. The van der Waals surface area contributed by atoms with Gasteiger partial charge in [-0.1, -0.05) is 18.2 Å². The monoisotopic (exact) mass is 346 g/mol. The van der Waals surface area contributed by atoms with Crippen molar-refractivity contribution >= 4 is 22.6 Å². The lowest BCUT2D eigenvalue weighted by atomic mass is 9.90. The minimum absolute atomic E-state index is 0.329. The molecule has 0 radical (unpaired) electrons. The number of hydrogen-bond donors (Lipinski definition) is 1. The third-order valence-corrected chi connectivity index (χ3v) is 4.95. The summed E-state index contributed by atoms with van der Waals surface area (Å²) in [6.07, 6.45) is 2.70. The maximum atomic E-state index is 10.3. The van der Waals surface area contributed by atoms with Crippen LogP contribution < -0.4 is 0 Å². The van der Waals surface area contributed by atoms with E-state index in [2.05, 4.69) is 35.6 Å². The first-order chi connectivity index (χ1) is 8.18. The molecule has 1 aliphatic heterocycles. The number of aliphatic hydroxyl groups is 1. The Morgan fingerprint density at radius 1 is 1.41 bits per heavy atom. The van der Waals surface area contributed by atoms with Gasteiger partial charge in [-0.15, -0.1) is 0 Å². The Labute approximate surface area is 117 Å². The molecule has 1 aromatic carbocycles. The normalized spacial score (nSPS) is 19.2. The van der Waals surface area contributed by atoms with E-state index in [1.54, 1.807) is 0 Å². The van der Waals surface area contributed by atoms with Gasteiger partial charge in [0.15, 0.2) is 0 Å². The van der Waals surface area contributed by atoms with Crippen LogP contribution in [0.15, 0.2) is 18.2 Å². The molecule has 0 bridgehead atoms. The predicted molar refractivity (Wildman–Crippen MR) is 77.0 cm³/mol. The van der Waals surface area contributed by atoms with E-state index >= 15 is 0 Å². The van der Waals surface area contributed by atoms with Crippen molar-refractivity contribution < 1.29 is 9.84 Å². The smallest absolute Gasteiger partial charge is 0.0803 e. The Morgan fingerprint density at radius 3 is 2.82 bits per heavy atom. The molecule has 1 saturated heterocycles. The molecule has 1 unspecified atom stereocenters. The van der Waals surface area contributed by atoms with Gasteiger partial charge in [-0.25, -0.2) is 0 Å². The highest BCUT2D eigenvalue weighted by Crippen LogP contribution is 2.30. The standard InChI is InChI=1S/C14H19IO2/c1-10-3-2-4-12(14(10)15)13(16)9-11-5-7-17-8-6-11/h2-4,11,13,16H,5-9H2,1H3. The van der Waals surface area contributed by atoms with Crippen LogP contribution in [0.5, 0.6) is 0 Å². The van der Waals surface area contributed by atoms with E-state index in [9.17, 15) is 5.11 Å². The Hall–Kier alpha value is -0.130. The molecule has 0 spiro atoms. The number of halogens is 1. The second-order valence-corrected chi connectivity index (χ2v) is 5.86. The van der Waals surface area contributed by atoms with Crippen LogP contribution in [0.2, 0.25) is 0 Å². The van der Waals surface area contributed by atoms with Crippen LogP contribution in [-0.4, -0.2) is 18.3 Å². The third kappa shape index (κ3) is 3.42. The van der Waals surface area contributed by atoms with Crippen LogP contribution in [0.1, 0.15) is 36.5 Å². The summed E-state index contributed by atoms with van der Waals surface area (Å²) in [6.45, 7) is 3.79. The molecule has 0 aromatic heterocycles. The summed E-state index contributed by atoms with van der Waals surface area (Å²) in [5, 5.41) is 10.3. The molecule has 94 valence electrons. The number of aliphatic hydroxyl groups excluding tert-OH is 1. The largest absolute Gasteiger partial charge is 0.388 e. The number of benzene rings is 1. The maximum absolute atomic E-state index is 10.3. The van der Waals surface area contributed by atoms with Crippen molar-refractivity contribution in [2.75, 3.05) is 13.2 Å². The SMILES string of the molecule is Cc1cccc(C(O)CC2CCOCC2)c1I. The molecule has 1 fully saturated rings. The summed E-state index contributed by atoms with van der Waals surface area (Å²) in [6, 6.07) is 6.16. The average Bonchev–Trinajstić information content (AvgIpc) is 2.34. The summed E-state index contributed by atoms with van der Waals surface area (Å²) >= 11 is 2.33. The van der Waals surface area contributed by atoms with Crippen molar-refractivity contribution in [1.29, 1.82) is 0 Å². The van der Waals surface area contributed by atoms with Crippen LogP contribution in [-0.2, 0) is 4.74 Å². The minimum atomic E-state index is -0.329. The van der Waals surface area contributed by atoms with E-state index in [1.165, 1.54) is 9.13 Å². The zero-order valence-electron chi connectivity index (χ0n) is 10.2. The fourth-order valence-corrected chi connectivity index (χ4v) is 3.07. The van der Waals surface area contributed by atoms with Gasteiger partial charge in [0.1, 0.15) is 0 Å². The molecule has 2 nitrogen and oxygen atoms in total. The lowest BCUT2D eigenvalue weighted by molar-refractivity contribution is 0.0433. The highest BCUT2D eigenvalue weighted by Gasteiger charge is 2.20. The summed E-state index contributed by atoms with van der Waals surface area (Å²) in [4.78, 5) is 0. The van der Waals surface area contributed by atoms with E-state index in [4.69, 9.17) is 4.74 Å². The highest BCUT2D eigenvalue weighted by molar-refractivity contribution is 14.1. The van der Waals surface area contributed by atoms with Gasteiger partial charge in [-0.05, 0) is 65.8 Å². The fourth-order valence-electron chi connectivity index (χ4n) is 2.35. The topological polar surface area (TPSA) is 29.5 Å². The van der Waals surface area contributed by atoms with Crippen molar-refractivity contribution in [3.8, 4) is 0 Å². The van der Waals surface area contributed by atoms with Gasteiger partial charge < -0.3 is 9.84 Å². The molecular weight excluding hydrogens is 327 g/mol. The summed E-state index contributed by atoms with van der Waals surface area (Å²) < 4.78 is 6.55. The number of aryl methyl sites for hydroxylation is 1. The van der Waals surface area contributed by atoms with Crippen LogP contribution in [0.4, 0.5) is 0 Å². The number of rotatable bonds is 3. The molecule has 0 amide bonds. The lowest BCUT2D eigenvalue weighted by Gasteiger charge is -2.25. The molecule has 0 saturated carbocycles. The molecule has 2 rings (SSSR count). The molecule has 3 heteroatoms. The van der Waals surface area contributed by atoms with Crippen molar-refractivity contribution in [2.45, 2.75) is 32.3 Å². The Kier molecular flexibility index (Phi) is 4.82. The first kappa shape index (κ1) is 13.3. The first-order valence-corrected chi connectivity index (χ1v) is 7.27. The van der Waals surface area contributed by atoms with Crippen molar-refractivity contribution in [3.63, 3.8) is 0 Å². The molecule has 1 aliphatic rings. The molecule has 1 heterocycles. The molecule has 0 aliphatic carbocycles. The van der Waals surface area contributed by atoms with Gasteiger partial charge in [-0.2, -0.15) is 0 Å². The molecule has 17 heavy (non-hydrogen) atoms. The van der Waals surface area contributed by atoms with Crippen LogP contribution in [0.25, 0.3) is 0 Å². The van der Waals surface area contributed by atoms with E-state index in [1.807, 2.05) is 12.1 Å². The average molecular weight is 346 g/mol. The second-order valence-electron chi connectivity index (χ2n) is 4.79. The van der Waals surface area contributed by atoms with Crippen molar-refractivity contribution in [1.82, 2.24) is 0 Å². The first-order valence-electron chi connectivity index (χ1n) is 6.19. The molecule has 1 atom stereocenters. The quantitative estimate of drug-likeness (QED) is 0.850. The van der Waals surface area contributed by atoms with Gasteiger partial charge in [0.25, 0.3) is 0 Å². The fraction of sp³-hybridized carbons (Fsp3) is 0.571. The van der Waals surface area contributed by atoms with E-state index in [0.717, 1.165) is 38.0 Å². The molecule has 1 N–H and O–H groups in total. The molecule has 1 aromatic rings. The second kappa shape index (κ2) is 6.16. The van der Waals surface area contributed by atoms with Crippen molar-refractivity contribution in [2.24, 2.45) is 5.92 Å². The predicted octanol–water partition coefficient (Wildman–Crippen LogP) is 3.45. The zero-order valence-corrected chi connectivity index (χ0v) is 12.3. The number of ether oxygens (including phenoxy) is 1. The highest BCUT2D eigenvalue weighted by atomic mass is 127. The maximum Gasteiger partial charge on any atom is 0.0803 e. The lowest BCUT2D eigenvalue weighted by Crippen LogP contribution is -2.18. The van der Waals surface area contributed by atoms with Crippen LogP contribution in [0, 0.1) is 16.4 Å². The third-order valence-electron chi connectivity index (χ3n) is 3.48. The van der Waals surface area contributed by atoms with Crippen LogP contribution >= 0.6 is 22.6 Å². The summed E-state index contributed by atoms with van der Waals surface area (Å²) in [7, 11) is 0. The van der Waals surface area contributed by atoms with Gasteiger partial charge in [0.05, 0.1) is 6.10 Å². The van der Waals surface area contributed by atoms with Crippen molar-refractivity contribution in [3.05, 3.63) is 32.9 Å².